The number of benzene rings is 2. The van der Waals surface area contributed by atoms with Gasteiger partial charge in [-0.25, -0.2) is 17.2 Å². The fourth-order valence-electron chi connectivity index (χ4n) is 4.36. The van der Waals surface area contributed by atoms with Crippen molar-refractivity contribution in [1.29, 1.82) is 0 Å². The summed E-state index contributed by atoms with van der Waals surface area (Å²) in [6.45, 7) is -0.207. The number of halogens is 3. The molecule has 4 rings (SSSR count). The van der Waals surface area contributed by atoms with Crippen LogP contribution in [0.2, 0.25) is 5.02 Å². The topological polar surface area (TPSA) is 63.6 Å². The quantitative estimate of drug-likeness (QED) is 0.811. The average Bonchev–Trinajstić information content (AvgIpc) is 2.64. The standard InChI is InChI=1S/C19H17ClF2O4S/c20-11-3-5-12(6-4-11)27(24,25)19-9-1-2-16(23)13(19)10-26-18-15(22)8-7-14(21)17(18)19/h3-8,13,16,23H,1-2,9-10H2/t13?,16-,19-/m1/s1. The van der Waals surface area contributed by atoms with Gasteiger partial charge >= 0.3 is 0 Å². The molecule has 0 amide bonds. The number of rotatable bonds is 2. The highest BCUT2D eigenvalue weighted by Crippen LogP contribution is 2.56. The number of aliphatic hydroxyl groups is 1. The Labute approximate surface area is 160 Å². The summed E-state index contributed by atoms with van der Waals surface area (Å²) in [6.07, 6.45) is -0.203. The van der Waals surface area contributed by atoms with Crippen LogP contribution in [-0.4, -0.2) is 26.2 Å². The molecule has 144 valence electrons. The molecule has 0 bridgehead atoms. The predicted octanol–water partition coefficient (Wildman–Crippen LogP) is 3.84. The van der Waals surface area contributed by atoms with Gasteiger partial charge in [0.05, 0.1) is 23.2 Å². The fourth-order valence-corrected chi connectivity index (χ4v) is 6.90. The van der Waals surface area contributed by atoms with Crippen LogP contribution >= 0.6 is 11.6 Å². The van der Waals surface area contributed by atoms with Crippen molar-refractivity contribution < 1.29 is 27.0 Å². The molecular weight excluding hydrogens is 398 g/mol. The lowest BCUT2D eigenvalue weighted by Crippen LogP contribution is -2.55. The van der Waals surface area contributed by atoms with Crippen molar-refractivity contribution in [2.24, 2.45) is 5.92 Å². The third-order valence-corrected chi connectivity index (χ3v) is 8.42. The Balaban J connectivity index is 2.04. The Morgan fingerprint density at radius 1 is 1.11 bits per heavy atom. The molecule has 2 aromatic rings. The molecule has 8 heteroatoms. The van der Waals surface area contributed by atoms with Crippen LogP contribution in [0.5, 0.6) is 5.75 Å². The Morgan fingerprint density at radius 3 is 2.48 bits per heavy atom. The van der Waals surface area contributed by atoms with Crippen LogP contribution in [0.15, 0.2) is 41.3 Å². The number of hydrogen-bond acceptors (Lipinski definition) is 4. The van der Waals surface area contributed by atoms with E-state index in [-0.39, 0.29) is 23.5 Å². The van der Waals surface area contributed by atoms with Crippen molar-refractivity contribution >= 4 is 21.4 Å². The van der Waals surface area contributed by atoms with Crippen LogP contribution in [0.25, 0.3) is 0 Å². The van der Waals surface area contributed by atoms with Crippen molar-refractivity contribution in [3.05, 3.63) is 58.6 Å². The molecular formula is C19H17ClF2O4S. The second-order valence-electron chi connectivity index (χ2n) is 6.96. The molecule has 2 aliphatic rings. The summed E-state index contributed by atoms with van der Waals surface area (Å²) < 4.78 is 60.3. The lowest BCUT2D eigenvalue weighted by Gasteiger charge is -2.49. The molecule has 1 aliphatic carbocycles. The first-order valence-electron chi connectivity index (χ1n) is 8.58. The van der Waals surface area contributed by atoms with E-state index >= 15 is 0 Å². The van der Waals surface area contributed by atoms with Crippen molar-refractivity contribution in [2.75, 3.05) is 6.61 Å². The molecule has 1 saturated carbocycles. The minimum Gasteiger partial charge on any atom is -0.490 e. The van der Waals surface area contributed by atoms with Gasteiger partial charge in [0.1, 0.15) is 10.6 Å². The van der Waals surface area contributed by atoms with E-state index in [1.54, 1.807) is 0 Å². The monoisotopic (exact) mass is 414 g/mol. The third kappa shape index (κ3) is 2.59. The summed E-state index contributed by atoms with van der Waals surface area (Å²) in [5.41, 5.74) is -0.326. The van der Waals surface area contributed by atoms with Gasteiger partial charge in [0.15, 0.2) is 21.4 Å². The van der Waals surface area contributed by atoms with Crippen molar-refractivity contribution in [3.8, 4) is 5.75 Å². The highest BCUT2D eigenvalue weighted by Gasteiger charge is 2.60. The predicted molar refractivity (Wildman–Crippen MR) is 95.5 cm³/mol. The van der Waals surface area contributed by atoms with E-state index in [2.05, 4.69) is 0 Å². The number of ether oxygens (including phenoxy) is 1. The van der Waals surface area contributed by atoms with Crippen LogP contribution in [0.1, 0.15) is 24.8 Å². The zero-order valence-corrected chi connectivity index (χ0v) is 15.7. The van der Waals surface area contributed by atoms with Crippen molar-refractivity contribution in [2.45, 2.75) is 35.0 Å². The van der Waals surface area contributed by atoms with E-state index in [9.17, 15) is 22.3 Å². The summed E-state index contributed by atoms with van der Waals surface area (Å²) in [5, 5.41) is 10.9. The molecule has 1 N–H and O–H groups in total. The molecule has 1 heterocycles. The van der Waals surface area contributed by atoms with Crippen LogP contribution in [0.3, 0.4) is 0 Å². The minimum absolute atomic E-state index is 0.0532. The lowest BCUT2D eigenvalue weighted by atomic mass is 9.71. The Morgan fingerprint density at radius 2 is 1.78 bits per heavy atom. The van der Waals surface area contributed by atoms with E-state index in [1.807, 2.05) is 0 Å². The highest BCUT2D eigenvalue weighted by atomic mass is 35.5. The maximum Gasteiger partial charge on any atom is 0.188 e. The zero-order valence-electron chi connectivity index (χ0n) is 14.2. The molecule has 0 radical (unpaired) electrons. The number of sulfone groups is 1. The summed E-state index contributed by atoms with van der Waals surface area (Å²) in [6, 6.07) is 7.37. The van der Waals surface area contributed by atoms with E-state index < -0.39 is 44.0 Å². The molecule has 0 aromatic heterocycles. The highest BCUT2D eigenvalue weighted by molar-refractivity contribution is 7.92. The van der Waals surface area contributed by atoms with Gasteiger partial charge in [0.25, 0.3) is 0 Å². The van der Waals surface area contributed by atoms with Gasteiger partial charge in [-0.2, -0.15) is 0 Å². The number of aliphatic hydroxyl groups excluding tert-OH is 1. The van der Waals surface area contributed by atoms with Gasteiger partial charge in [-0.3, -0.25) is 0 Å². The summed E-state index contributed by atoms with van der Waals surface area (Å²) >= 11 is 5.87. The van der Waals surface area contributed by atoms with Crippen LogP contribution in [0, 0.1) is 17.6 Å². The SMILES string of the molecule is O=S(=O)(c1ccc(Cl)cc1)[C@]12CCC[C@@H](O)C1COc1c(F)ccc(F)c12. The van der Waals surface area contributed by atoms with Gasteiger partial charge in [0.2, 0.25) is 0 Å². The summed E-state index contributed by atoms with van der Waals surface area (Å²) in [4.78, 5) is -0.0532. The molecule has 3 atom stereocenters. The molecule has 4 nitrogen and oxygen atoms in total. The summed E-state index contributed by atoms with van der Waals surface area (Å²) in [7, 11) is -4.19. The van der Waals surface area contributed by atoms with Gasteiger partial charge in [-0.15, -0.1) is 0 Å². The second-order valence-corrected chi connectivity index (χ2v) is 9.60. The fraction of sp³-hybridized carbons (Fsp3) is 0.368. The third-order valence-electron chi connectivity index (χ3n) is 5.60. The molecule has 1 fully saturated rings. The largest absolute Gasteiger partial charge is 0.490 e. The van der Waals surface area contributed by atoms with Gasteiger partial charge in [-0.1, -0.05) is 11.6 Å². The molecule has 2 aromatic carbocycles. The van der Waals surface area contributed by atoms with E-state index in [0.717, 1.165) is 12.1 Å². The van der Waals surface area contributed by atoms with Crippen molar-refractivity contribution in [3.63, 3.8) is 0 Å². The van der Waals surface area contributed by atoms with Gasteiger partial charge in [0, 0.05) is 10.9 Å². The van der Waals surface area contributed by atoms with Gasteiger partial charge < -0.3 is 9.84 Å². The van der Waals surface area contributed by atoms with E-state index in [1.165, 1.54) is 24.3 Å². The van der Waals surface area contributed by atoms with Crippen LogP contribution in [-0.2, 0) is 14.6 Å². The smallest absolute Gasteiger partial charge is 0.188 e. The zero-order chi connectivity index (χ0) is 19.4. The maximum atomic E-state index is 14.9. The van der Waals surface area contributed by atoms with E-state index in [4.69, 9.17) is 16.3 Å². The summed E-state index contributed by atoms with van der Waals surface area (Å²) in [5.74, 6) is -2.98. The molecule has 27 heavy (non-hydrogen) atoms. The Kier molecular flexibility index (Phi) is 4.44. The molecule has 0 spiro atoms. The number of hydrogen-bond donors (Lipinski definition) is 1. The first-order valence-corrected chi connectivity index (χ1v) is 10.4. The molecule has 1 unspecified atom stereocenters. The second kappa shape index (κ2) is 6.43. The van der Waals surface area contributed by atoms with E-state index in [0.29, 0.717) is 17.9 Å². The van der Waals surface area contributed by atoms with Gasteiger partial charge in [-0.05, 0) is 55.7 Å². The first kappa shape index (κ1) is 18.7. The van der Waals surface area contributed by atoms with Crippen molar-refractivity contribution in [1.82, 2.24) is 0 Å². The number of fused-ring (bicyclic) bond motifs is 3. The molecule has 1 aliphatic heterocycles. The minimum atomic E-state index is -4.19. The van der Waals surface area contributed by atoms with Crippen LogP contribution in [0.4, 0.5) is 8.78 Å². The maximum absolute atomic E-state index is 14.9. The van der Waals surface area contributed by atoms with Crippen LogP contribution < -0.4 is 4.74 Å². The Hall–Kier alpha value is -1.70. The molecule has 0 saturated heterocycles. The normalized spacial score (nSPS) is 27.4. The first-order chi connectivity index (χ1) is 12.8. The lowest BCUT2D eigenvalue weighted by molar-refractivity contribution is 0.000155. The average molecular weight is 415 g/mol. The Bertz CT molecular complexity index is 994.